The fraction of sp³-hybridized carbons (Fsp3) is 0.421. The SMILES string of the molecule is Cc1noc(C)c1S(=O)(=O)N1CCCN(CC(=O)Nc2cc(Cl)ccc2C#N)CC1. The number of halogens is 1. The monoisotopic (exact) mass is 451 g/mol. The predicted molar refractivity (Wildman–Crippen MR) is 111 cm³/mol. The summed E-state index contributed by atoms with van der Waals surface area (Å²) in [5.74, 6) is -0.0291. The van der Waals surface area contributed by atoms with Gasteiger partial charge in [0.05, 0.1) is 17.8 Å². The average molecular weight is 452 g/mol. The number of carbonyl (C=O) groups is 1. The first-order valence-corrected chi connectivity index (χ1v) is 11.2. The molecular weight excluding hydrogens is 430 g/mol. The molecule has 1 saturated heterocycles. The van der Waals surface area contributed by atoms with Crippen molar-refractivity contribution in [3.63, 3.8) is 0 Å². The van der Waals surface area contributed by atoms with Crippen molar-refractivity contribution in [2.75, 3.05) is 38.0 Å². The van der Waals surface area contributed by atoms with Crippen molar-refractivity contribution in [1.29, 1.82) is 5.26 Å². The Hall–Kier alpha value is -2.45. The van der Waals surface area contributed by atoms with Gasteiger partial charge in [-0.3, -0.25) is 9.69 Å². The van der Waals surface area contributed by atoms with Gasteiger partial charge in [0.25, 0.3) is 0 Å². The van der Waals surface area contributed by atoms with Gasteiger partial charge < -0.3 is 9.84 Å². The number of aryl methyl sites for hydroxylation is 2. The van der Waals surface area contributed by atoms with Crippen LogP contribution in [0, 0.1) is 25.2 Å². The molecule has 0 radical (unpaired) electrons. The number of nitrogens with zero attached hydrogens (tertiary/aromatic N) is 4. The van der Waals surface area contributed by atoms with Gasteiger partial charge in [0.15, 0.2) is 5.76 Å². The molecule has 0 saturated carbocycles. The Balaban J connectivity index is 1.64. The molecular formula is C19H22ClN5O4S. The van der Waals surface area contributed by atoms with E-state index in [1.807, 2.05) is 11.0 Å². The maximum absolute atomic E-state index is 13.0. The Morgan fingerprint density at radius 1 is 1.30 bits per heavy atom. The molecule has 1 aromatic heterocycles. The quantitative estimate of drug-likeness (QED) is 0.739. The van der Waals surface area contributed by atoms with Crippen molar-refractivity contribution in [2.45, 2.75) is 25.2 Å². The van der Waals surface area contributed by atoms with Crippen molar-refractivity contribution in [2.24, 2.45) is 0 Å². The van der Waals surface area contributed by atoms with Gasteiger partial charge in [-0.1, -0.05) is 16.8 Å². The zero-order valence-corrected chi connectivity index (χ0v) is 18.3. The molecule has 160 valence electrons. The van der Waals surface area contributed by atoms with Crippen molar-refractivity contribution in [1.82, 2.24) is 14.4 Å². The predicted octanol–water partition coefficient (Wildman–Crippen LogP) is 2.15. The third kappa shape index (κ3) is 4.82. The van der Waals surface area contributed by atoms with Crippen LogP contribution < -0.4 is 5.32 Å². The lowest BCUT2D eigenvalue weighted by Crippen LogP contribution is -2.38. The van der Waals surface area contributed by atoms with E-state index in [4.69, 9.17) is 16.1 Å². The summed E-state index contributed by atoms with van der Waals surface area (Å²) in [6.07, 6.45) is 0.580. The molecule has 0 aliphatic carbocycles. The molecule has 11 heteroatoms. The molecule has 2 aromatic rings. The Morgan fingerprint density at radius 3 is 2.73 bits per heavy atom. The van der Waals surface area contributed by atoms with Gasteiger partial charge in [0, 0.05) is 24.7 Å². The fourth-order valence-corrected chi connectivity index (χ4v) is 5.36. The van der Waals surface area contributed by atoms with Crippen LogP contribution in [0.1, 0.15) is 23.4 Å². The number of carbonyl (C=O) groups excluding carboxylic acids is 1. The van der Waals surface area contributed by atoms with E-state index in [1.165, 1.54) is 10.4 Å². The van der Waals surface area contributed by atoms with Crippen LogP contribution in [0.15, 0.2) is 27.6 Å². The molecule has 1 aliphatic heterocycles. The third-order valence-electron chi connectivity index (χ3n) is 4.86. The van der Waals surface area contributed by atoms with E-state index in [2.05, 4.69) is 10.5 Å². The number of hydrogen-bond acceptors (Lipinski definition) is 7. The number of nitrogens with one attached hydrogen (secondary N) is 1. The van der Waals surface area contributed by atoms with E-state index in [1.54, 1.807) is 26.0 Å². The van der Waals surface area contributed by atoms with Crippen LogP contribution >= 0.6 is 11.6 Å². The normalized spacial score (nSPS) is 16.1. The lowest BCUT2D eigenvalue weighted by Gasteiger charge is -2.21. The van der Waals surface area contributed by atoms with Crippen LogP contribution in [0.2, 0.25) is 5.02 Å². The summed E-state index contributed by atoms with van der Waals surface area (Å²) in [5, 5.41) is 16.0. The minimum Gasteiger partial charge on any atom is -0.360 e. The molecule has 9 nitrogen and oxygen atoms in total. The highest BCUT2D eigenvalue weighted by Gasteiger charge is 2.32. The van der Waals surface area contributed by atoms with Gasteiger partial charge >= 0.3 is 0 Å². The summed E-state index contributed by atoms with van der Waals surface area (Å²) < 4.78 is 32.4. The summed E-state index contributed by atoms with van der Waals surface area (Å²) >= 11 is 5.95. The second-order valence-electron chi connectivity index (χ2n) is 7.04. The van der Waals surface area contributed by atoms with E-state index in [0.29, 0.717) is 48.0 Å². The lowest BCUT2D eigenvalue weighted by atomic mass is 10.2. The highest BCUT2D eigenvalue weighted by molar-refractivity contribution is 7.89. The zero-order chi connectivity index (χ0) is 21.9. The van der Waals surface area contributed by atoms with Gasteiger partial charge in [0.1, 0.15) is 16.7 Å². The van der Waals surface area contributed by atoms with Crippen LogP contribution in [-0.4, -0.2) is 61.4 Å². The molecule has 1 aliphatic rings. The van der Waals surface area contributed by atoms with Gasteiger partial charge in [0.2, 0.25) is 15.9 Å². The smallest absolute Gasteiger partial charge is 0.248 e. The number of amides is 1. The van der Waals surface area contributed by atoms with Crippen molar-refractivity contribution >= 4 is 33.2 Å². The highest BCUT2D eigenvalue weighted by Crippen LogP contribution is 2.24. The van der Waals surface area contributed by atoms with Crippen LogP contribution in [-0.2, 0) is 14.8 Å². The number of sulfonamides is 1. The number of nitriles is 1. The van der Waals surface area contributed by atoms with Crippen molar-refractivity contribution in [3.8, 4) is 6.07 Å². The third-order valence-corrected chi connectivity index (χ3v) is 7.24. The largest absolute Gasteiger partial charge is 0.360 e. The second-order valence-corrected chi connectivity index (χ2v) is 9.35. The van der Waals surface area contributed by atoms with Crippen molar-refractivity contribution in [3.05, 3.63) is 40.2 Å². The molecule has 0 unspecified atom stereocenters. The summed E-state index contributed by atoms with van der Waals surface area (Å²) in [4.78, 5) is 14.5. The first-order valence-electron chi connectivity index (χ1n) is 9.37. The number of rotatable bonds is 5. The number of anilines is 1. The van der Waals surface area contributed by atoms with E-state index >= 15 is 0 Å². The van der Waals surface area contributed by atoms with E-state index in [-0.39, 0.29) is 29.7 Å². The molecule has 30 heavy (non-hydrogen) atoms. The lowest BCUT2D eigenvalue weighted by molar-refractivity contribution is -0.117. The first-order chi connectivity index (χ1) is 14.2. The maximum Gasteiger partial charge on any atom is 0.248 e. The highest BCUT2D eigenvalue weighted by atomic mass is 35.5. The van der Waals surface area contributed by atoms with Gasteiger partial charge in [-0.05, 0) is 45.0 Å². The van der Waals surface area contributed by atoms with Crippen LogP contribution in [0.3, 0.4) is 0 Å². The molecule has 2 heterocycles. The van der Waals surface area contributed by atoms with Crippen LogP contribution in [0.4, 0.5) is 5.69 Å². The standard InChI is InChI=1S/C19H22ClN5O4S/c1-13-19(14(2)29-23-13)30(27,28)25-7-3-6-24(8-9-25)12-18(26)22-17-10-16(20)5-4-15(17)11-21/h4-5,10H,3,6-9,12H2,1-2H3,(H,22,26). The Kier molecular flexibility index (Phi) is 6.77. The van der Waals surface area contributed by atoms with Crippen molar-refractivity contribution < 1.29 is 17.7 Å². The molecule has 1 fully saturated rings. The summed E-state index contributed by atoms with van der Waals surface area (Å²) in [6, 6.07) is 6.66. The summed E-state index contributed by atoms with van der Waals surface area (Å²) in [5.41, 5.74) is 1.01. The van der Waals surface area contributed by atoms with Gasteiger partial charge in [-0.25, -0.2) is 8.42 Å². The topological polar surface area (TPSA) is 120 Å². The summed E-state index contributed by atoms with van der Waals surface area (Å²) in [7, 11) is -3.72. The Morgan fingerprint density at radius 2 is 2.07 bits per heavy atom. The number of benzene rings is 1. The number of hydrogen-bond donors (Lipinski definition) is 1. The minimum atomic E-state index is -3.72. The fourth-order valence-electron chi connectivity index (χ4n) is 3.43. The first kappa shape index (κ1) is 22.2. The molecule has 0 bridgehead atoms. The average Bonchev–Trinajstić information content (AvgIpc) is 2.88. The van der Waals surface area contributed by atoms with E-state index in [9.17, 15) is 18.5 Å². The molecule has 1 N–H and O–H groups in total. The van der Waals surface area contributed by atoms with Gasteiger partial charge in [-0.15, -0.1) is 0 Å². The van der Waals surface area contributed by atoms with E-state index < -0.39 is 10.0 Å². The molecule has 3 rings (SSSR count). The van der Waals surface area contributed by atoms with Gasteiger partial charge in [-0.2, -0.15) is 9.57 Å². The zero-order valence-electron chi connectivity index (χ0n) is 16.7. The van der Waals surface area contributed by atoms with E-state index in [0.717, 1.165) is 0 Å². The minimum absolute atomic E-state index is 0.0800. The Bertz CT molecular complexity index is 1070. The number of aromatic nitrogens is 1. The summed E-state index contributed by atoms with van der Waals surface area (Å²) in [6.45, 7) is 4.82. The second kappa shape index (κ2) is 9.14. The molecule has 1 aromatic carbocycles. The maximum atomic E-state index is 13.0. The van der Waals surface area contributed by atoms with Crippen LogP contribution in [0.25, 0.3) is 0 Å². The molecule has 0 spiro atoms. The molecule has 1 amide bonds. The van der Waals surface area contributed by atoms with Crippen LogP contribution in [0.5, 0.6) is 0 Å². The Labute approximate surface area is 180 Å². The molecule has 0 atom stereocenters.